The van der Waals surface area contributed by atoms with Crippen LogP contribution in [-0.4, -0.2) is 20.4 Å². The minimum atomic E-state index is -3.54. The minimum Gasteiger partial charge on any atom is -0.455 e. The van der Waals surface area contributed by atoms with Crippen molar-refractivity contribution in [1.82, 2.24) is 0 Å². The van der Waals surface area contributed by atoms with Crippen molar-refractivity contribution in [1.29, 1.82) is 0 Å². The van der Waals surface area contributed by atoms with Gasteiger partial charge in [-0.25, -0.2) is 8.42 Å². The van der Waals surface area contributed by atoms with E-state index in [1.165, 1.54) is 24.3 Å². The van der Waals surface area contributed by atoms with Gasteiger partial charge in [-0.15, -0.1) is 0 Å². The summed E-state index contributed by atoms with van der Waals surface area (Å²) in [6.07, 6.45) is 0.113. The Hall–Kier alpha value is -2.90. The van der Waals surface area contributed by atoms with E-state index in [1.54, 1.807) is 24.3 Å². The number of rotatable bonds is 8. The molecule has 0 spiro atoms. The van der Waals surface area contributed by atoms with E-state index in [-0.39, 0.29) is 28.3 Å². The molecule has 0 atom stereocenters. The van der Waals surface area contributed by atoms with Crippen LogP contribution in [0.5, 0.6) is 0 Å². The van der Waals surface area contributed by atoms with E-state index in [2.05, 4.69) is 5.32 Å². The van der Waals surface area contributed by atoms with Crippen LogP contribution in [0.2, 0.25) is 0 Å². The summed E-state index contributed by atoms with van der Waals surface area (Å²) in [5, 5.41) is 2.76. The van der Waals surface area contributed by atoms with Gasteiger partial charge < -0.3 is 14.5 Å². The summed E-state index contributed by atoms with van der Waals surface area (Å²) in [7, 11) is -3.54. The molecule has 0 radical (unpaired) electrons. The Labute approximate surface area is 170 Å². The Morgan fingerprint density at radius 2 is 1.79 bits per heavy atom. The van der Waals surface area contributed by atoms with Gasteiger partial charge in [0.15, 0.2) is 15.6 Å². The molecular weight excluding hydrogens is 390 g/mol. The number of furan rings is 1. The minimum absolute atomic E-state index is 0.0482. The van der Waals surface area contributed by atoms with Gasteiger partial charge >= 0.3 is 0 Å². The normalized spacial score (nSPS) is 11.6. The number of hydrogen-bond donors (Lipinski definition) is 1. The molecule has 0 saturated heterocycles. The summed E-state index contributed by atoms with van der Waals surface area (Å²) in [4.78, 5) is 12.7. The van der Waals surface area contributed by atoms with Crippen molar-refractivity contribution in [3.05, 3.63) is 83.8 Å². The van der Waals surface area contributed by atoms with Crippen molar-refractivity contribution in [2.75, 3.05) is 5.32 Å². The second-order valence-corrected chi connectivity index (χ2v) is 8.84. The number of nitrogens with one attached hydrogen (secondary N) is 1. The van der Waals surface area contributed by atoms with Crippen molar-refractivity contribution >= 4 is 21.4 Å². The van der Waals surface area contributed by atoms with Crippen LogP contribution in [0, 0.1) is 0 Å². The Morgan fingerprint density at radius 1 is 1.03 bits per heavy atom. The van der Waals surface area contributed by atoms with Crippen molar-refractivity contribution in [3.63, 3.8) is 0 Å². The highest BCUT2D eigenvalue weighted by Gasteiger charge is 2.19. The predicted molar refractivity (Wildman–Crippen MR) is 110 cm³/mol. The molecule has 7 heteroatoms. The zero-order valence-electron chi connectivity index (χ0n) is 16.3. The molecule has 3 aromatic rings. The van der Waals surface area contributed by atoms with Gasteiger partial charge in [0.25, 0.3) is 5.91 Å². The van der Waals surface area contributed by atoms with Crippen molar-refractivity contribution in [2.24, 2.45) is 0 Å². The maximum absolute atomic E-state index is 12.5. The van der Waals surface area contributed by atoms with E-state index in [1.807, 2.05) is 32.0 Å². The quantitative estimate of drug-likeness (QED) is 0.590. The Morgan fingerprint density at radius 3 is 2.52 bits per heavy atom. The van der Waals surface area contributed by atoms with Crippen LogP contribution in [0.15, 0.2) is 76.0 Å². The average molecular weight is 413 g/mol. The third kappa shape index (κ3) is 5.79. The molecule has 3 rings (SSSR count). The van der Waals surface area contributed by atoms with Gasteiger partial charge in [0, 0.05) is 5.69 Å². The van der Waals surface area contributed by atoms with E-state index >= 15 is 0 Å². The fraction of sp³-hybridized carbons (Fsp3) is 0.227. The van der Waals surface area contributed by atoms with Crippen molar-refractivity contribution < 1.29 is 22.4 Å². The maximum Gasteiger partial charge on any atom is 0.291 e. The number of benzene rings is 2. The first-order valence-electron chi connectivity index (χ1n) is 9.22. The lowest BCUT2D eigenvalue weighted by atomic mass is 10.2. The molecule has 1 aromatic heterocycles. The van der Waals surface area contributed by atoms with Gasteiger partial charge in [-0.2, -0.15) is 0 Å². The second-order valence-electron chi connectivity index (χ2n) is 6.85. The highest BCUT2D eigenvalue weighted by molar-refractivity contribution is 7.90. The summed E-state index contributed by atoms with van der Waals surface area (Å²) >= 11 is 0. The molecule has 29 heavy (non-hydrogen) atoms. The van der Waals surface area contributed by atoms with Gasteiger partial charge in [0.05, 0.1) is 17.6 Å². The third-order valence-electron chi connectivity index (χ3n) is 4.09. The number of anilines is 1. The van der Waals surface area contributed by atoms with Crippen LogP contribution < -0.4 is 5.32 Å². The lowest BCUT2D eigenvalue weighted by Crippen LogP contribution is -2.11. The van der Waals surface area contributed by atoms with Crippen molar-refractivity contribution in [3.8, 4) is 0 Å². The van der Waals surface area contributed by atoms with Gasteiger partial charge in [0.2, 0.25) is 0 Å². The molecule has 0 bridgehead atoms. The lowest BCUT2D eigenvalue weighted by Gasteiger charge is -2.09. The zero-order chi connectivity index (χ0) is 20.9. The largest absolute Gasteiger partial charge is 0.455 e. The van der Waals surface area contributed by atoms with Gasteiger partial charge in [-0.05, 0) is 55.8 Å². The number of carbonyl (C=O) groups excluding carboxylic acids is 1. The molecule has 6 nitrogen and oxygen atoms in total. The Balaban J connectivity index is 1.66. The molecule has 0 saturated carbocycles. The number of hydrogen-bond acceptors (Lipinski definition) is 5. The Kier molecular flexibility index (Phi) is 6.51. The SMILES string of the molecule is CC(C)OCc1cccc(NC(=O)c2ccc(CS(=O)(=O)c3ccccc3)o2)c1. The molecule has 0 aliphatic heterocycles. The first-order valence-corrected chi connectivity index (χ1v) is 10.9. The van der Waals surface area contributed by atoms with E-state index in [9.17, 15) is 13.2 Å². The molecule has 152 valence electrons. The molecule has 1 N–H and O–H groups in total. The summed E-state index contributed by atoms with van der Waals surface area (Å²) in [5.74, 6) is -0.507. The summed E-state index contributed by atoms with van der Waals surface area (Å²) in [5.41, 5.74) is 1.54. The average Bonchev–Trinajstić information content (AvgIpc) is 3.15. The number of amides is 1. The van der Waals surface area contributed by atoms with E-state index in [4.69, 9.17) is 9.15 Å². The summed E-state index contributed by atoms with van der Waals surface area (Å²) in [6.45, 7) is 4.36. The smallest absolute Gasteiger partial charge is 0.291 e. The summed E-state index contributed by atoms with van der Waals surface area (Å²) < 4.78 is 35.9. The summed E-state index contributed by atoms with van der Waals surface area (Å²) in [6, 6.07) is 18.4. The van der Waals surface area contributed by atoms with Crippen LogP contribution in [0.1, 0.15) is 35.7 Å². The highest BCUT2D eigenvalue weighted by atomic mass is 32.2. The highest BCUT2D eigenvalue weighted by Crippen LogP contribution is 2.19. The van der Waals surface area contributed by atoms with E-state index in [0.717, 1.165) is 5.56 Å². The number of ether oxygens (including phenoxy) is 1. The van der Waals surface area contributed by atoms with Crippen LogP contribution >= 0.6 is 0 Å². The molecule has 2 aromatic carbocycles. The Bertz CT molecular complexity index is 1070. The van der Waals surface area contributed by atoms with Crippen LogP contribution in [-0.2, 0) is 26.9 Å². The maximum atomic E-state index is 12.5. The van der Waals surface area contributed by atoms with E-state index < -0.39 is 15.7 Å². The van der Waals surface area contributed by atoms with Crippen LogP contribution in [0.25, 0.3) is 0 Å². The molecule has 1 amide bonds. The van der Waals surface area contributed by atoms with Gasteiger partial charge in [-0.1, -0.05) is 30.3 Å². The van der Waals surface area contributed by atoms with E-state index in [0.29, 0.717) is 12.3 Å². The van der Waals surface area contributed by atoms with Gasteiger partial charge in [0.1, 0.15) is 11.5 Å². The number of sulfone groups is 1. The third-order valence-corrected chi connectivity index (χ3v) is 5.74. The zero-order valence-corrected chi connectivity index (χ0v) is 17.1. The molecule has 1 heterocycles. The van der Waals surface area contributed by atoms with Gasteiger partial charge in [-0.3, -0.25) is 4.79 Å². The van der Waals surface area contributed by atoms with Crippen molar-refractivity contribution in [2.45, 2.75) is 37.2 Å². The first kappa shape index (κ1) is 20.8. The van der Waals surface area contributed by atoms with Crippen LogP contribution in [0.4, 0.5) is 5.69 Å². The van der Waals surface area contributed by atoms with Crippen LogP contribution in [0.3, 0.4) is 0 Å². The molecule has 0 unspecified atom stereocenters. The number of carbonyl (C=O) groups is 1. The standard InChI is InChI=1S/C22H23NO5S/c1-16(2)27-14-17-7-6-8-18(13-17)23-22(24)21-12-11-19(28-21)15-29(25,26)20-9-4-3-5-10-20/h3-13,16H,14-15H2,1-2H3,(H,23,24). The predicted octanol–water partition coefficient (Wildman–Crippen LogP) is 4.43. The molecular formula is C22H23NO5S. The molecule has 0 aliphatic rings. The topological polar surface area (TPSA) is 85.6 Å². The fourth-order valence-electron chi connectivity index (χ4n) is 2.67. The second kappa shape index (κ2) is 9.07. The fourth-order valence-corrected chi connectivity index (χ4v) is 3.94. The first-order chi connectivity index (χ1) is 13.8. The lowest BCUT2D eigenvalue weighted by molar-refractivity contribution is 0.0657. The molecule has 0 aliphatic carbocycles. The monoisotopic (exact) mass is 413 g/mol. The molecule has 0 fully saturated rings.